The molecule has 0 saturated carbocycles. The SMILES string of the molecule is CCC(CNC)Cc1ccc(OC)c(Cl)c1. The molecule has 0 bridgehead atoms. The number of benzene rings is 1. The molecule has 1 rings (SSSR count). The van der Waals surface area contributed by atoms with Gasteiger partial charge in [-0.1, -0.05) is 31.0 Å². The van der Waals surface area contributed by atoms with Crippen molar-refractivity contribution in [2.45, 2.75) is 19.8 Å². The molecule has 0 spiro atoms. The Morgan fingerprint density at radius 3 is 2.69 bits per heavy atom. The fraction of sp³-hybridized carbons (Fsp3) is 0.538. The van der Waals surface area contributed by atoms with Crippen LogP contribution in [0.2, 0.25) is 5.02 Å². The van der Waals surface area contributed by atoms with Gasteiger partial charge in [0.1, 0.15) is 5.75 Å². The van der Waals surface area contributed by atoms with Crippen LogP contribution in [0.3, 0.4) is 0 Å². The van der Waals surface area contributed by atoms with Gasteiger partial charge >= 0.3 is 0 Å². The average Bonchev–Trinajstić information content (AvgIpc) is 2.28. The molecule has 0 aromatic heterocycles. The normalized spacial score (nSPS) is 12.5. The van der Waals surface area contributed by atoms with E-state index in [9.17, 15) is 0 Å². The highest BCUT2D eigenvalue weighted by atomic mass is 35.5. The lowest BCUT2D eigenvalue weighted by Crippen LogP contribution is -2.20. The number of ether oxygens (including phenoxy) is 1. The summed E-state index contributed by atoms with van der Waals surface area (Å²) in [6.45, 7) is 3.26. The lowest BCUT2D eigenvalue weighted by atomic mass is 9.97. The Kier molecular flexibility index (Phi) is 5.64. The molecular weight excluding hydrogens is 222 g/mol. The Hall–Kier alpha value is -0.730. The summed E-state index contributed by atoms with van der Waals surface area (Å²) < 4.78 is 5.13. The number of hydrogen-bond donors (Lipinski definition) is 1. The number of halogens is 1. The summed E-state index contributed by atoms with van der Waals surface area (Å²) in [5, 5.41) is 3.91. The Labute approximate surface area is 103 Å². The number of methoxy groups -OCH3 is 1. The minimum atomic E-state index is 0.662. The molecule has 0 aliphatic heterocycles. The number of hydrogen-bond acceptors (Lipinski definition) is 2. The van der Waals surface area contributed by atoms with Crippen molar-refractivity contribution in [3.63, 3.8) is 0 Å². The van der Waals surface area contributed by atoms with Crippen molar-refractivity contribution in [3.05, 3.63) is 28.8 Å². The van der Waals surface area contributed by atoms with Gasteiger partial charge in [0.15, 0.2) is 0 Å². The third kappa shape index (κ3) is 3.69. The third-order valence-corrected chi connectivity index (χ3v) is 3.11. The second-order valence-corrected chi connectivity index (χ2v) is 4.41. The van der Waals surface area contributed by atoms with Gasteiger partial charge in [-0.25, -0.2) is 0 Å². The first-order valence-corrected chi connectivity index (χ1v) is 6.06. The number of rotatable bonds is 6. The molecule has 1 N–H and O–H groups in total. The summed E-state index contributed by atoms with van der Waals surface area (Å²) in [5.41, 5.74) is 1.27. The molecule has 0 aliphatic rings. The van der Waals surface area contributed by atoms with Crippen molar-refractivity contribution in [1.29, 1.82) is 0 Å². The van der Waals surface area contributed by atoms with E-state index in [2.05, 4.69) is 18.3 Å². The van der Waals surface area contributed by atoms with Crippen LogP contribution in [-0.4, -0.2) is 20.7 Å². The second kappa shape index (κ2) is 6.77. The highest BCUT2D eigenvalue weighted by molar-refractivity contribution is 6.32. The van der Waals surface area contributed by atoms with Gasteiger partial charge in [0.05, 0.1) is 12.1 Å². The summed E-state index contributed by atoms with van der Waals surface area (Å²) in [5.74, 6) is 1.40. The third-order valence-electron chi connectivity index (χ3n) is 2.81. The Morgan fingerprint density at radius 2 is 2.19 bits per heavy atom. The van der Waals surface area contributed by atoms with Crippen molar-refractivity contribution in [1.82, 2.24) is 5.32 Å². The van der Waals surface area contributed by atoms with Gasteiger partial charge in [0.25, 0.3) is 0 Å². The van der Waals surface area contributed by atoms with Crippen molar-refractivity contribution in [3.8, 4) is 5.75 Å². The molecule has 1 aromatic rings. The highest BCUT2D eigenvalue weighted by Crippen LogP contribution is 2.26. The van der Waals surface area contributed by atoms with Crippen LogP contribution in [-0.2, 0) is 6.42 Å². The molecule has 1 unspecified atom stereocenters. The van der Waals surface area contributed by atoms with Crippen LogP contribution in [0.1, 0.15) is 18.9 Å². The monoisotopic (exact) mass is 241 g/mol. The minimum absolute atomic E-state index is 0.662. The van der Waals surface area contributed by atoms with Crippen LogP contribution in [0.15, 0.2) is 18.2 Å². The minimum Gasteiger partial charge on any atom is -0.495 e. The Bertz CT molecular complexity index is 328. The van der Waals surface area contributed by atoms with Gasteiger partial charge in [-0.05, 0) is 43.6 Å². The first kappa shape index (κ1) is 13.3. The van der Waals surface area contributed by atoms with Crippen molar-refractivity contribution in [2.24, 2.45) is 5.92 Å². The maximum absolute atomic E-state index is 6.09. The van der Waals surface area contributed by atoms with Crippen LogP contribution in [0, 0.1) is 5.92 Å². The molecule has 0 amide bonds. The Morgan fingerprint density at radius 1 is 1.44 bits per heavy atom. The quantitative estimate of drug-likeness (QED) is 0.826. The highest BCUT2D eigenvalue weighted by Gasteiger charge is 2.08. The van der Waals surface area contributed by atoms with Crippen LogP contribution >= 0.6 is 11.6 Å². The van der Waals surface area contributed by atoms with E-state index in [1.54, 1.807) is 7.11 Å². The van der Waals surface area contributed by atoms with Gasteiger partial charge in [0, 0.05) is 0 Å². The van der Waals surface area contributed by atoms with E-state index in [-0.39, 0.29) is 0 Å². The molecule has 0 fully saturated rings. The Balaban J connectivity index is 2.69. The zero-order valence-electron chi connectivity index (χ0n) is 10.2. The smallest absolute Gasteiger partial charge is 0.137 e. The molecule has 16 heavy (non-hydrogen) atoms. The topological polar surface area (TPSA) is 21.3 Å². The fourth-order valence-corrected chi connectivity index (χ4v) is 2.10. The average molecular weight is 242 g/mol. The van der Waals surface area contributed by atoms with E-state index < -0.39 is 0 Å². The zero-order chi connectivity index (χ0) is 12.0. The molecule has 0 aliphatic carbocycles. The predicted molar refractivity (Wildman–Crippen MR) is 69.4 cm³/mol. The molecule has 2 nitrogen and oxygen atoms in total. The summed E-state index contributed by atoms with van der Waals surface area (Å²) in [6.07, 6.45) is 2.23. The van der Waals surface area contributed by atoms with Gasteiger partial charge in [0.2, 0.25) is 0 Å². The van der Waals surface area contributed by atoms with E-state index in [1.807, 2.05) is 19.2 Å². The zero-order valence-corrected chi connectivity index (χ0v) is 11.0. The van der Waals surface area contributed by atoms with Gasteiger partial charge in [-0.2, -0.15) is 0 Å². The largest absolute Gasteiger partial charge is 0.495 e. The first-order valence-electron chi connectivity index (χ1n) is 5.68. The fourth-order valence-electron chi connectivity index (χ4n) is 1.82. The standard InChI is InChI=1S/C13H20ClNO/c1-4-10(9-15-2)7-11-5-6-13(16-3)12(14)8-11/h5-6,8,10,15H,4,7,9H2,1-3H3. The summed E-state index contributed by atoms with van der Waals surface area (Å²) in [6, 6.07) is 6.02. The van der Waals surface area contributed by atoms with E-state index in [0.717, 1.165) is 18.7 Å². The van der Waals surface area contributed by atoms with Gasteiger partial charge < -0.3 is 10.1 Å². The van der Waals surface area contributed by atoms with E-state index in [4.69, 9.17) is 16.3 Å². The summed E-state index contributed by atoms with van der Waals surface area (Å²) >= 11 is 6.09. The maximum Gasteiger partial charge on any atom is 0.137 e. The van der Waals surface area contributed by atoms with E-state index in [1.165, 1.54) is 12.0 Å². The molecule has 90 valence electrons. The summed E-state index contributed by atoms with van der Waals surface area (Å²) in [4.78, 5) is 0. The first-order chi connectivity index (χ1) is 7.71. The maximum atomic E-state index is 6.09. The molecule has 1 atom stereocenters. The van der Waals surface area contributed by atoms with Crippen LogP contribution in [0.4, 0.5) is 0 Å². The van der Waals surface area contributed by atoms with Gasteiger partial charge in [-0.3, -0.25) is 0 Å². The molecule has 0 heterocycles. The molecule has 0 saturated heterocycles. The lowest BCUT2D eigenvalue weighted by molar-refractivity contribution is 0.414. The van der Waals surface area contributed by atoms with Crippen molar-refractivity contribution >= 4 is 11.6 Å². The molecule has 3 heteroatoms. The second-order valence-electron chi connectivity index (χ2n) is 4.00. The van der Waals surface area contributed by atoms with E-state index >= 15 is 0 Å². The van der Waals surface area contributed by atoms with Crippen LogP contribution in [0.25, 0.3) is 0 Å². The van der Waals surface area contributed by atoms with Crippen LogP contribution < -0.4 is 10.1 Å². The molecule has 1 aromatic carbocycles. The van der Waals surface area contributed by atoms with Crippen LogP contribution in [0.5, 0.6) is 5.75 Å². The van der Waals surface area contributed by atoms with Gasteiger partial charge in [-0.15, -0.1) is 0 Å². The number of nitrogens with one attached hydrogen (secondary N) is 1. The van der Waals surface area contributed by atoms with Crippen molar-refractivity contribution in [2.75, 3.05) is 20.7 Å². The predicted octanol–water partition coefficient (Wildman–Crippen LogP) is 3.14. The lowest BCUT2D eigenvalue weighted by Gasteiger charge is -2.14. The van der Waals surface area contributed by atoms with E-state index in [0.29, 0.717) is 10.9 Å². The molecule has 0 radical (unpaired) electrons. The summed E-state index contributed by atoms with van der Waals surface area (Å²) in [7, 11) is 3.63. The molecular formula is C13H20ClNO. The van der Waals surface area contributed by atoms with Crippen molar-refractivity contribution < 1.29 is 4.74 Å².